The summed E-state index contributed by atoms with van der Waals surface area (Å²) in [7, 11) is 0. The summed E-state index contributed by atoms with van der Waals surface area (Å²) in [5.41, 5.74) is 8.86. The van der Waals surface area contributed by atoms with Gasteiger partial charge in [0.2, 0.25) is 5.91 Å². The van der Waals surface area contributed by atoms with E-state index in [0.717, 1.165) is 6.42 Å². The molecule has 1 fully saturated rings. The molecule has 1 saturated heterocycles. The summed E-state index contributed by atoms with van der Waals surface area (Å²) in [6.45, 7) is 6.33. The zero-order chi connectivity index (χ0) is 23.9. The lowest BCUT2D eigenvalue weighted by Gasteiger charge is -2.40. The number of aromatic nitrogens is 2. The summed E-state index contributed by atoms with van der Waals surface area (Å²) in [5, 5.41) is 0.492. The Hall–Kier alpha value is -3.20. The first-order chi connectivity index (χ1) is 15.7. The summed E-state index contributed by atoms with van der Waals surface area (Å²) in [6.07, 6.45) is 0.800. The van der Waals surface area contributed by atoms with Crippen molar-refractivity contribution in [1.29, 1.82) is 0 Å². The molecule has 33 heavy (non-hydrogen) atoms. The van der Waals surface area contributed by atoms with Crippen molar-refractivity contribution in [3.63, 3.8) is 0 Å². The maximum Gasteiger partial charge on any atom is 0.258 e. The maximum absolute atomic E-state index is 13.9. The van der Waals surface area contributed by atoms with E-state index in [1.165, 1.54) is 25.1 Å². The lowest BCUT2D eigenvalue weighted by atomic mass is 10.0. The second-order valence-electron chi connectivity index (χ2n) is 8.30. The molecule has 0 radical (unpaired) electrons. The van der Waals surface area contributed by atoms with E-state index in [1.54, 1.807) is 23.6 Å². The average molecular weight is 474 g/mol. The minimum absolute atomic E-state index is 0.0357. The highest BCUT2D eigenvalue weighted by Crippen LogP contribution is 2.29. The summed E-state index contributed by atoms with van der Waals surface area (Å²) >= 11 is 6.17. The molecule has 1 aromatic carbocycles. The van der Waals surface area contributed by atoms with Crippen molar-refractivity contribution in [3.05, 3.63) is 57.5 Å². The number of nitrogens with two attached hydrogens (primary N) is 1. The molecule has 4 rings (SSSR count). The van der Waals surface area contributed by atoms with Crippen LogP contribution in [0.3, 0.4) is 0 Å². The molecule has 0 spiro atoms. The third-order valence-corrected chi connectivity index (χ3v) is 6.54. The monoisotopic (exact) mass is 473 g/mol. The van der Waals surface area contributed by atoms with Crippen molar-refractivity contribution in [2.45, 2.75) is 33.2 Å². The summed E-state index contributed by atoms with van der Waals surface area (Å²) < 4.78 is 19.7. The van der Waals surface area contributed by atoms with Crippen molar-refractivity contribution >= 4 is 29.0 Å². The lowest BCUT2D eigenvalue weighted by molar-refractivity contribution is -0.137. The van der Waals surface area contributed by atoms with Crippen LogP contribution >= 0.6 is 11.6 Å². The molecule has 1 atom stereocenters. The number of rotatable bonds is 5. The van der Waals surface area contributed by atoms with Gasteiger partial charge in [-0.25, -0.2) is 14.4 Å². The molecule has 2 amide bonds. The second kappa shape index (κ2) is 8.97. The Morgan fingerprint density at radius 3 is 2.55 bits per heavy atom. The van der Waals surface area contributed by atoms with Gasteiger partial charge in [-0.2, -0.15) is 0 Å². The lowest BCUT2D eigenvalue weighted by Crippen LogP contribution is -2.53. The van der Waals surface area contributed by atoms with Crippen molar-refractivity contribution in [3.8, 4) is 5.75 Å². The Balaban J connectivity index is 1.51. The standard InChI is InChI=1S/C23H25ClFN5O3/c1-12-21(24)13(2)28-22(27-12)18-9-29(10-19(18)26)23(32)17-5-4-15(25)8-20(17)33-11-16-6-7-30(16)14(3)31/h4-5,8,16H,6-7,9-11,26H2,1-3H3/t16-/m0/s1. The zero-order valence-electron chi connectivity index (χ0n) is 18.7. The van der Waals surface area contributed by atoms with Gasteiger partial charge in [-0.1, -0.05) is 11.6 Å². The van der Waals surface area contributed by atoms with Gasteiger partial charge in [0, 0.05) is 30.8 Å². The third-order valence-electron chi connectivity index (χ3n) is 5.99. The first kappa shape index (κ1) is 23.0. The predicted octanol–water partition coefficient (Wildman–Crippen LogP) is 2.71. The fourth-order valence-electron chi connectivity index (χ4n) is 4.02. The quantitative estimate of drug-likeness (QED) is 0.716. The molecule has 0 unspecified atom stereocenters. The summed E-state index contributed by atoms with van der Waals surface area (Å²) in [4.78, 5) is 37.0. The Morgan fingerprint density at radius 1 is 1.24 bits per heavy atom. The van der Waals surface area contributed by atoms with E-state index in [-0.39, 0.29) is 48.9 Å². The maximum atomic E-state index is 13.9. The van der Waals surface area contributed by atoms with E-state index >= 15 is 0 Å². The smallest absolute Gasteiger partial charge is 0.258 e. The molecule has 0 aliphatic carbocycles. The minimum Gasteiger partial charge on any atom is -0.490 e. The van der Waals surface area contributed by atoms with Crippen LogP contribution in [-0.2, 0) is 4.79 Å². The molecule has 0 saturated carbocycles. The summed E-state index contributed by atoms with van der Waals surface area (Å²) in [5.74, 6) is -0.323. The number of aryl methyl sites for hydroxylation is 2. The van der Waals surface area contributed by atoms with Crippen LogP contribution in [0.4, 0.5) is 4.39 Å². The van der Waals surface area contributed by atoms with Crippen LogP contribution in [-0.4, -0.2) is 63.9 Å². The van der Waals surface area contributed by atoms with Gasteiger partial charge < -0.3 is 20.3 Å². The Labute approximate surface area is 196 Å². The van der Waals surface area contributed by atoms with Gasteiger partial charge in [0.1, 0.15) is 18.2 Å². The van der Waals surface area contributed by atoms with E-state index in [0.29, 0.717) is 40.0 Å². The minimum atomic E-state index is -0.515. The van der Waals surface area contributed by atoms with Crippen LogP contribution < -0.4 is 10.5 Å². The number of nitrogens with zero attached hydrogens (tertiary/aromatic N) is 4. The number of likely N-dealkylation sites (tertiary alicyclic amines) is 1. The molecule has 174 valence electrons. The van der Waals surface area contributed by atoms with Crippen LogP contribution in [0.15, 0.2) is 23.9 Å². The van der Waals surface area contributed by atoms with E-state index in [9.17, 15) is 14.0 Å². The van der Waals surface area contributed by atoms with Crippen LogP contribution in [0.5, 0.6) is 5.75 Å². The number of carbonyl (C=O) groups excluding carboxylic acids is 2. The molecule has 10 heteroatoms. The molecule has 2 N–H and O–H groups in total. The molecule has 2 aromatic rings. The number of halogens is 2. The van der Waals surface area contributed by atoms with Gasteiger partial charge in [-0.05, 0) is 32.4 Å². The van der Waals surface area contributed by atoms with Crippen LogP contribution in [0, 0.1) is 19.7 Å². The van der Waals surface area contributed by atoms with Crippen molar-refractivity contribution < 1.29 is 18.7 Å². The highest BCUT2D eigenvalue weighted by Gasteiger charge is 2.32. The highest BCUT2D eigenvalue weighted by atomic mass is 35.5. The molecule has 1 aromatic heterocycles. The van der Waals surface area contributed by atoms with E-state index in [1.807, 2.05) is 0 Å². The number of carbonyl (C=O) groups is 2. The largest absolute Gasteiger partial charge is 0.490 e. The number of benzene rings is 1. The molecule has 2 aliphatic rings. The third kappa shape index (κ3) is 4.50. The summed E-state index contributed by atoms with van der Waals surface area (Å²) in [6, 6.07) is 3.72. The van der Waals surface area contributed by atoms with E-state index in [4.69, 9.17) is 22.1 Å². The first-order valence-corrected chi connectivity index (χ1v) is 11.0. The van der Waals surface area contributed by atoms with Crippen molar-refractivity contribution in [2.24, 2.45) is 5.73 Å². The number of amides is 2. The molecule has 2 aliphatic heterocycles. The van der Waals surface area contributed by atoms with Gasteiger partial charge >= 0.3 is 0 Å². The SMILES string of the molecule is CC(=O)N1CC[C@H]1COc1cc(F)ccc1C(=O)N1CC(N)=C(c2nc(C)c(Cl)c(C)n2)C1. The fraction of sp³-hybridized carbons (Fsp3) is 0.391. The van der Waals surface area contributed by atoms with Crippen molar-refractivity contribution in [1.82, 2.24) is 19.8 Å². The van der Waals surface area contributed by atoms with Gasteiger partial charge in [-0.3, -0.25) is 9.59 Å². The Bertz CT molecular complexity index is 1150. The first-order valence-electron chi connectivity index (χ1n) is 10.6. The normalized spacial score (nSPS) is 17.9. The number of hydrogen-bond acceptors (Lipinski definition) is 6. The van der Waals surface area contributed by atoms with Gasteiger partial charge in [-0.15, -0.1) is 0 Å². The van der Waals surface area contributed by atoms with E-state index < -0.39 is 5.82 Å². The van der Waals surface area contributed by atoms with E-state index in [2.05, 4.69) is 9.97 Å². The van der Waals surface area contributed by atoms with Crippen LogP contribution in [0.1, 0.15) is 40.9 Å². The second-order valence-corrected chi connectivity index (χ2v) is 8.68. The fourth-order valence-corrected chi connectivity index (χ4v) is 4.11. The number of hydrogen-bond donors (Lipinski definition) is 1. The average Bonchev–Trinajstić information content (AvgIpc) is 3.12. The van der Waals surface area contributed by atoms with Crippen LogP contribution in [0.2, 0.25) is 5.02 Å². The molecule has 8 nitrogen and oxygen atoms in total. The predicted molar refractivity (Wildman–Crippen MR) is 121 cm³/mol. The topological polar surface area (TPSA) is 102 Å². The Kier molecular flexibility index (Phi) is 6.25. The van der Waals surface area contributed by atoms with Gasteiger partial charge in [0.15, 0.2) is 5.82 Å². The van der Waals surface area contributed by atoms with Crippen molar-refractivity contribution in [2.75, 3.05) is 26.2 Å². The molecular formula is C23H25ClFN5O3. The van der Waals surface area contributed by atoms with Gasteiger partial charge in [0.25, 0.3) is 5.91 Å². The highest BCUT2D eigenvalue weighted by molar-refractivity contribution is 6.31. The van der Waals surface area contributed by atoms with Crippen LogP contribution in [0.25, 0.3) is 5.57 Å². The Morgan fingerprint density at radius 2 is 1.94 bits per heavy atom. The molecule has 3 heterocycles. The van der Waals surface area contributed by atoms with Gasteiger partial charge in [0.05, 0.1) is 41.1 Å². The molecular weight excluding hydrogens is 449 g/mol. The zero-order valence-corrected chi connectivity index (χ0v) is 19.4. The molecule has 0 bridgehead atoms. The number of ether oxygens (including phenoxy) is 1.